The van der Waals surface area contributed by atoms with Gasteiger partial charge in [-0.2, -0.15) is 0 Å². The number of likely N-dealkylation sites (N-methyl/N-ethyl adjacent to an activating group) is 1. The third-order valence-electron chi connectivity index (χ3n) is 5.07. The van der Waals surface area contributed by atoms with Gasteiger partial charge in [-0.05, 0) is 64.0 Å². The van der Waals surface area contributed by atoms with Gasteiger partial charge in [0.2, 0.25) is 0 Å². The van der Waals surface area contributed by atoms with Crippen molar-refractivity contribution in [1.82, 2.24) is 9.80 Å². The lowest BCUT2D eigenvalue weighted by molar-refractivity contribution is -0.0524. The monoisotopic (exact) mass is 338 g/mol. The van der Waals surface area contributed by atoms with Gasteiger partial charge >= 0.3 is 0 Å². The normalized spacial score (nSPS) is 30.8. The lowest BCUT2D eigenvalue weighted by Crippen LogP contribution is -2.53. The van der Waals surface area contributed by atoms with Crippen LogP contribution in [0.4, 0.5) is 0 Å². The van der Waals surface area contributed by atoms with Gasteiger partial charge in [0.15, 0.2) is 0 Å². The molecule has 0 bridgehead atoms. The molecule has 1 heterocycles. The molecule has 23 heavy (non-hydrogen) atoms. The summed E-state index contributed by atoms with van der Waals surface area (Å²) < 4.78 is 6.05. The molecular weight excluding hydrogens is 312 g/mol. The zero-order chi connectivity index (χ0) is 16.2. The van der Waals surface area contributed by atoms with Crippen LogP contribution in [0.15, 0.2) is 24.3 Å². The maximum atomic E-state index is 10.9. The van der Waals surface area contributed by atoms with Crippen LogP contribution in [0.1, 0.15) is 25.7 Å². The van der Waals surface area contributed by atoms with E-state index >= 15 is 0 Å². The smallest absolute Gasteiger partial charge is 0.126 e. The van der Waals surface area contributed by atoms with E-state index in [-0.39, 0.29) is 12.1 Å². The Balaban J connectivity index is 1.64. The summed E-state index contributed by atoms with van der Waals surface area (Å²) in [5.74, 6) is 0.748. The van der Waals surface area contributed by atoms with E-state index in [4.69, 9.17) is 16.3 Å². The third kappa shape index (κ3) is 4.38. The highest BCUT2D eigenvalue weighted by Crippen LogP contribution is 2.29. The number of hydrogen-bond donors (Lipinski definition) is 1. The van der Waals surface area contributed by atoms with E-state index < -0.39 is 6.10 Å². The summed E-state index contributed by atoms with van der Waals surface area (Å²) in [6.07, 6.45) is 3.64. The van der Waals surface area contributed by atoms with Crippen LogP contribution in [0.5, 0.6) is 5.75 Å². The highest BCUT2D eigenvalue weighted by atomic mass is 35.5. The Bertz CT molecular complexity index is 514. The quantitative estimate of drug-likeness (QED) is 0.919. The molecule has 1 aliphatic heterocycles. The Morgan fingerprint density at radius 2 is 2.00 bits per heavy atom. The summed E-state index contributed by atoms with van der Waals surface area (Å²) in [5.41, 5.74) is 0. The minimum Gasteiger partial charge on any atom is -0.488 e. The van der Waals surface area contributed by atoms with Crippen molar-refractivity contribution in [3.8, 4) is 5.75 Å². The van der Waals surface area contributed by atoms with Crippen LogP contribution in [0.3, 0.4) is 0 Å². The van der Waals surface area contributed by atoms with Crippen LogP contribution in [0, 0.1) is 0 Å². The van der Waals surface area contributed by atoms with Gasteiger partial charge in [0.05, 0.1) is 0 Å². The Kier molecular flexibility index (Phi) is 5.81. The number of benzene rings is 1. The molecule has 128 valence electrons. The molecule has 1 saturated heterocycles. The second-order valence-corrected chi connectivity index (χ2v) is 7.23. The number of aliphatic hydroxyl groups excluding tert-OH is 1. The van der Waals surface area contributed by atoms with Crippen molar-refractivity contribution in [2.75, 3.05) is 33.2 Å². The van der Waals surface area contributed by atoms with E-state index in [0.717, 1.165) is 51.2 Å². The summed E-state index contributed by atoms with van der Waals surface area (Å²) in [5, 5.41) is 11.5. The predicted molar refractivity (Wildman–Crippen MR) is 93.2 cm³/mol. The van der Waals surface area contributed by atoms with E-state index in [2.05, 4.69) is 16.8 Å². The third-order valence-corrected chi connectivity index (χ3v) is 5.31. The molecule has 0 unspecified atom stereocenters. The van der Waals surface area contributed by atoms with Crippen molar-refractivity contribution < 1.29 is 9.84 Å². The van der Waals surface area contributed by atoms with E-state index in [9.17, 15) is 5.11 Å². The summed E-state index contributed by atoms with van der Waals surface area (Å²) in [6.45, 7) is 4.31. The van der Waals surface area contributed by atoms with Crippen LogP contribution in [0.2, 0.25) is 5.02 Å². The van der Waals surface area contributed by atoms with Crippen molar-refractivity contribution in [2.24, 2.45) is 0 Å². The lowest BCUT2D eigenvalue weighted by atomic mass is 9.88. The van der Waals surface area contributed by atoms with Crippen LogP contribution in [-0.2, 0) is 0 Å². The molecule has 1 saturated carbocycles. The van der Waals surface area contributed by atoms with E-state index in [1.807, 2.05) is 24.3 Å². The Labute approximate surface area is 144 Å². The SMILES string of the molecule is CN1CCCN([C@H]2CCC[C@@H](Oc3cccc(Cl)c3)[C@@H]2O)CC1. The van der Waals surface area contributed by atoms with Gasteiger partial charge in [-0.3, -0.25) is 4.90 Å². The maximum Gasteiger partial charge on any atom is 0.126 e. The molecule has 2 fully saturated rings. The van der Waals surface area contributed by atoms with Gasteiger partial charge in [0, 0.05) is 24.2 Å². The molecule has 0 spiro atoms. The van der Waals surface area contributed by atoms with Gasteiger partial charge in [-0.1, -0.05) is 17.7 Å². The molecule has 0 radical (unpaired) electrons. The van der Waals surface area contributed by atoms with E-state index in [0.29, 0.717) is 5.02 Å². The fourth-order valence-electron chi connectivity index (χ4n) is 3.76. The number of aliphatic hydroxyl groups is 1. The lowest BCUT2D eigenvalue weighted by Gasteiger charge is -2.41. The first-order valence-corrected chi connectivity index (χ1v) is 9.04. The molecule has 1 aromatic rings. The molecular formula is C18H27ClN2O2. The van der Waals surface area contributed by atoms with Gasteiger partial charge in [0.25, 0.3) is 0 Å². The molecule has 5 heteroatoms. The van der Waals surface area contributed by atoms with Crippen LogP contribution >= 0.6 is 11.6 Å². The van der Waals surface area contributed by atoms with Gasteiger partial charge < -0.3 is 14.7 Å². The van der Waals surface area contributed by atoms with Crippen molar-refractivity contribution in [3.63, 3.8) is 0 Å². The second-order valence-electron chi connectivity index (χ2n) is 6.80. The highest BCUT2D eigenvalue weighted by Gasteiger charge is 2.37. The zero-order valence-electron chi connectivity index (χ0n) is 13.8. The maximum absolute atomic E-state index is 10.9. The summed E-state index contributed by atoms with van der Waals surface area (Å²) >= 11 is 6.03. The molecule has 3 atom stereocenters. The molecule has 3 rings (SSSR count). The van der Waals surface area contributed by atoms with Gasteiger partial charge in [0.1, 0.15) is 18.0 Å². The molecule has 0 aromatic heterocycles. The average Bonchev–Trinajstić information content (AvgIpc) is 2.74. The molecule has 1 aliphatic carbocycles. The van der Waals surface area contributed by atoms with E-state index in [1.54, 1.807) is 0 Å². The number of nitrogens with zero attached hydrogens (tertiary/aromatic N) is 2. The van der Waals surface area contributed by atoms with Crippen LogP contribution < -0.4 is 4.74 Å². The summed E-state index contributed by atoms with van der Waals surface area (Å²) in [6, 6.07) is 7.65. The Morgan fingerprint density at radius 3 is 2.83 bits per heavy atom. The van der Waals surface area contributed by atoms with Crippen molar-refractivity contribution in [1.29, 1.82) is 0 Å². The Morgan fingerprint density at radius 1 is 1.13 bits per heavy atom. The standard InChI is InChI=1S/C18H27ClN2O2/c1-20-9-4-10-21(12-11-20)16-7-3-8-17(18(16)22)23-15-6-2-5-14(19)13-15/h2,5-6,13,16-18,22H,3-4,7-12H2,1H3/t16-,17+,18+/m0/s1. The number of rotatable bonds is 3. The highest BCUT2D eigenvalue weighted by molar-refractivity contribution is 6.30. The minimum atomic E-state index is -0.439. The van der Waals surface area contributed by atoms with Crippen molar-refractivity contribution >= 4 is 11.6 Å². The van der Waals surface area contributed by atoms with Crippen LogP contribution in [-0.4, -0.2) is 66.4 Å². The number of hydrogen-bond acceptors (Lipinski definition) is 4. The molecule has 4 nitrogen and oxygen atoms in total. The summed E-state index contributed by atoms with van der Waals surface area (Å²) in [4.78, 5) is 4.83. The minimum absolute atomic E-state index is 0.145. The molecule has 1 aromatic carbocycles. The number of ether oxygens (including phenoxy) is 1. The topological polar surface area (TPSA) is 35.9 Å². The molecule has 0 amide bonds. The van der Waals surface area contributed by atoms with E-state index in [1.165, 1.54) is 6.42 Å². The first-order valence-electron chi connectivity index (χ1n) is 8.66. The predicted octanol–water partition coefficient (Wildman–Crippen LogP) is 2.64. The first-order chi connectivity index (χ1) is 11.1. The van der Waals surface area contributed by atoms with Crippen LogP contribution in [0.25, 0.3) is 0 Å². The molecule has 1 N–H and O–H groups in total. The van der Waals surface area contributed by atoms with Crippen molar-refractivity contribution in [2.45, 2.75) is 43.9 Å². The largest absolute Gasteiger partial charge is 0.488 e. The average molecular weight is 339 g/mol. The summed E-state index contributed by atoms with van der Waals surface area (Å²) in [7, 11) is 2.17. The van der Waals surface area contributed by atoms with Crippen molar-refractivity contribution in [3.05, 3.63) is 29.3 Å². The Hall–Kier alpha value is -0.810. The number of halogens is 1. The second kappa shape index (κ2) is 7.84. The van der Waals surface area contributed by atoms with Gasteiger partial charge in [-0.25, -0.2) is 0 Å². The molecule has 2 aliphatic rings. The zero-order valence-corrected chi connectivity index (χ0v) is 14.6. The fourth-order valence-corrected chi connectivity index (χ4v) is 3.94. The van der Waals surface area contributed by atoms with Gasteiger partial charge in [-0.15, -0.1) is 0 Å². The fraction of sp³-hybridized carbons (Fsp3) is 0.667. The first kappa shape index (κ1) is 17.0.